The largest absolute Gasteiger partial charge is 0.435 e. The first-order chi connectivity index (χ1) is 8.75. The molecule has 0 aromatic heterocycles. The maximum Gasteiger partial charge on any atom is 0.314 e. The Morgan fingerprint density at radius 1 is 1.00 bits per heavy atom. The van der Waals surface area contributed by atoms with Crippen LogP contribution in [0.15, 0.2) is 0 Å². The molecule has 20 heavy (non-hydrogen) atoms. The highest BCUT2D eigenvalue weighted by molar-refractivity contribution is 5.77. The van der Waals surface area contributed by atoms with Gasteiger partial charge in [-0.25, -0.2) is 0 Å². The SMILES string of the molecule is COC(OC(=O)C(C)(CC(C)C)C(C)(C)C)C(C)(C)C. The summed E-state index contributed by atoms with van der Waals surface area (Å²) in [6.07, 6.45) is 0.277. The first-order valence-electron chi connectivity index (χ1n) is 7.49. The minimum Gasteiger partial charge on any atom is -0.435 e. The van der Waals surface area contributed by atoms with Crippen LogP contribution in [0, 0.1) is 22.2 Å². The quantitative estimate of drug-likeness (QED) is 0.545. The summed E-state index contributed by atoms with van der Waals surface area (Å²) >= 11 is 0. The molecule has 3 heteroatoms. The van der Waals surface area contributed by atoms with Gasteiger partial charge in [-0.1, -0.05) is 55.4 Å². The molecule has 0 aliphatic rings. The van der Waals surface area contributed by atoms with Crippen molar-refractivity contribution in [2.45, 2.75) is 75.0 Å². The minimum absolute atomic E-state index is 0.162. The lowest BCUT2D eigenvalue weighted by Crippen LogP contribution is -2.46. The van der Waals surface area contributed by atoms with E-state index in [1.54, 1.807) is 7.11 Å². The average Bonchev–Trinajstić information content (AvgIpc) is 2.20. The first kappa shape index (κ1) is 19.4. The third-order valence-corrected chi connectivity index (χ3v) is 4.06. The van der Waals surface area contributed by atoms with E-state index in [0.717, 1.165) is 6.42 Å². The molecule has 0 aliphatic carbocycles. The Balaban J connectivity index is 5.27. The number of methoxy groups -OCH3 is 1. The molecular weight excluding hydrogens is 252 g/mol. The molecule has 0 amide bonds. The third-order valence-electron chi connectivity index (χ3n) is 4.06. The second kappa shape index (κ2) is 6.46. The number of hydrogen-bond donors (Lipinski definition) is 0. The highest BCUT2D eigenvalue weighted by atomic mass is 16.7. The highest BCUT2D eigenvalue weighted by Gasteiger charge is 2.47. The van der Waals surface area contributed by atoms with Gasteiger partial charge in [0.25, 0.3) is 0 Å². The van der Waals surface area contributed by atoms with E-state index < -0.39 is 11.7 Å². The Morgan fingerprint density at radius 3 is 1.70 bits per heavy atom. The molecule has 2 atom stereocenters. The van der Waals surface area contributed by atoms with Gasteiger partial charge in [-0.05, 0) is 24.7 Å². The number of hydrogen-bond acceptors (Lipinski definition) is 3. The number of carbonyl (C=O) groups is 1. The van der Waals surface area contributed by atoms with Crippen molar-refractivity contribution in [2.24, 2.45) is 22.2 Å². The topological polar surface area (TPSA) is 35.5 Å². The minimum atomic E-state index is -0.525. The predicted molar refractivity (Wildman–Crippen MR) is 83.4 cm³/mol. The van der Waals surface area contributed by atoms with Crippen LogP contribution >= 0.6 is 0 Å². The summed E-state index contributed by atoms with van der Waals surface area (Å²) < 4.78 is 11.1. The molecular formula is C17H34O3. The van der Waals surface area contributed by atoms with E-state index in [9.17, 15) is 4.79 Å². The second-order valence-corrected chi connectivity index (χ2v) is 8.52. The summed E-state index contributed by atoms with van der Waals surface area (Å²) in [6, 6.07) is 0. The van der Waals surface area contributed by atoms with E-state index in [0.29, 0.717) is 5.92 Å². The van der Waals surface area contributed by atoms with E-state index in [1.165, 1.54) is 0 Å². The molecule has 0 saturated carbocycles. The summed E-state index contributed by atoms with van der Waals surface area (Å²) in [6.45, 7) is 18.6. The zero-order valence-corrected chi connectivity index (χ0v) is 15.1. The number of esters is 1. The monoisotopic (exact) mass is 286 g/mol. The molecule has 0 aromatic rings. The zero-order valence-electron chi connectivity index (χ0n) is 15.1. The summed E-state index contributed by atoms with van der Waals surface area (Å²) in [5.41, 5.74) is -0.922. The lowest BCUT2D eigenvalue weighted by molar-refractivity contribution is -0.211. The number of rotatable bonds is 5. The van der Waals surface area contributed by atoms with Crippen molar-refractivity contribution >= 4 is 5.97 Å². The van der Waals surface area contributed by atoms with E-state index in [-0.39, 0.29) is 16.8 Å². The standard InChI is InChI=1S/C17H34O3/c1-12(2)11-17(9,16(6,7)8)13(18)20-14(19-10)15(3,4)5/h12,14H,11H2,1-10H3. The molecule has 0 heterocycles. The zero-order chi connectivity index (χ0) is 16.4. The molecule has 0 aromatic carbocycles. The van der Waals surface area contributed by atoms with Gasteiger partial charge in [0.2, 0.25) is 6.29 Å². The van der Waals surface area contributed by atoms with Crippen molar-refractivity contribution in [2.75, 3.05) is 7.11 Å². The van der Waals surface area contributed by atoms with Gasteiger partial charge >= 0.3 is 5.97 Å². The van der Waals surface area contributed by atoms with Crippen molar-refractivity contribution in [3.8, 4) is 0 Å². The number of ether oxygens (including phenoxy) is 2. The van der Waals surface area contributed by atoms with Gasteiger partial charge in [-0.15, -0.1) is 0 Å². The van der Waals surface area contributed by atoms with Crippen molar-refractivity contribution in [3.05, 3.63) is 0 Å². The Kier molecular flexibility index (Phi) is 6.28. The average molecular weight is 286 g/mol. The van der Waals surface area contributed by atoms with Gasteiger partial charge in [0.1, 0.15) is 0 Å². The van der Waals surface area contributed by atoms with Crippen LogP contribution in [0.25, 0.3) is 0 Å². The molecule has 0 N–H and O–H groups in total. The van der Waals surface area contributed by atoms with E-state index in [4.69, 9.17) is 9.47 Å². The number of carbonyl (C=O) groups excluding carboxylic acids is 1. The lowest BCUT2D eigenvalue weighted by Gasteiger charge is -2.42. The summed E-state index contributed by atoms with van der Waals surface area (Å²) in [5, 5.41) is 0. The molecule has 3 nitrogen and oxygen atoms in total. The van der Waals surface area contributed by atoms with Gasteiger partial charge in [0.05, 0.1) is 5.41 Å². The first-order valence-corrected chi connectivity index (χ1v) is 7.49. The molecule has 0 radical (unpaired) electrons. The van der Waals surface area contributed by atoms with Gasteiger partial charge < -0.3 is 9.47 Å². The summed E-state index contributed by atoms with van der Waals surface area (Å²) in [5.74, 6) is 0.267. The van der Waals surface area contributed by atoms with E-state index >= 15 is 0 Å². The highest BCUT2D eigenvalue weighted by Crippen LogP contribution is 2.45. The van der Waals surface area contributed by atoms with Crippen LogP contribution in [0.1, 0.15) is 68.7 Å². The van der Waals surface area contributed by atoms with Crippen molar-refractivity contribution in [1.82, 2.24) is 0 Å². The smallest absolute Gasteiger partial charge is 0.314 e. The lowest BCUT2D eigenvalue weighted by atomic mass is 9.64. The van der Waals surface area contributed by atoms with Crippen LogP contribution in [0.5, 0.6) is 0 Å². The Bertz CT molecular complexity index is 320. The van der Waals surface area contributed by atoms with Crippen LogP contribution in [-0.4, -0.2) is 19.4 Å². The van der Waals surface area contributed by atoms with Gasteiger partial charge in [0, 0.05) is 12.5 Å². The van der Waals surface area contributed by atoms with E-state index in [1.807, 2.05) is 27.7 Å². The maximum atomic E-state index is 12.8. The Hall–Kier alpha value is -0.570. The Morgan fingerprint density at radius 2 is 1.45 bits per heavy atom. The maximum absolute atomic E-state index is 12.8. The van der Waals surface area contributed by atoms with Crippen molar-refractivity contribution < 1.29 is 14.3 Å². The van der Waals surface area contributed by atoms with Crippen LogP contribution in [0.3, 0.4) is 0 Å². The molecule has 0 spiro atoms. The molecule has 0 bridgehead atoms. The fourth-order valence-electron chi connectivity index (χ4n) is 2.32. The fourth-order valence-corrected chi connectivity index (χ4v) is 2.32. The molecule has 2 unspecified atom stereocenters. The van der Waals surface area contributed by atoms with Crippen molar-refractivity contribution in [1.29, 1.82) is 0 Å². The van der Waals surface area contributed by atoms with Gasteiger partial charge in [-0.2, -0.15) is 0 Å². The van der Waals surface area contributed by atoms with Crippen LogP contribution in [-0.2, 0) is 14.3 Å². The fraction of sp³-hybridized carbons (Fsp3) is 0.941. The van der Waals surface area contributed by atoms with Gasteiger partial charge in [0.15, 0.2) is 0 Å². The second-order valence-electron chi connectivity index (χ2n) is 8.52. The predicted octanol–water partition coefficient (Wildman–Crippen LogP) is 4.65. The molecule has 0 fully saturated rings. The van der Waals surface area contributed by atoms with Crippen molar-refractivity contribution in [3.63, 3.8) is 0 Å². The van der Waals surface area contributed by atoms with Crippen LogP contribution in [0.4, 0.5) is 0 Å². The van der Waals surface area contributed by atoms with E-state index in [2.05, 4.69) is 34.6 Å². The third kappa shape index (κ3) is 4.76. The normalized spacial score (nSPS) is 17.8. The van der Waals surface area contributed by atoms with Crippen LogP contribution < -0.4 is 0 Å². The molecule has 120 valence electrons. The van der Waals surface area contributed by atoms with Crippen LogP contribution in [0.2, 0.25) is 0 Å². The summed E-state index contributed by atoms with van der Waals surface area (Å²) in [7, 11) is 1.58. The molecule has 0 saturated heterocycles. The Labute approximate surface area is 125 Å². The van der Waals surface area contributed by atoms with Gasteiger partial charge in [-0.3, -0.25) is 4.79 Å². The molecule has 0 aliphatic heterocycles. The summed E-state index contributed by atoms with van der Waals surface area (Å²) in [4.78, 5) is 12.8. The molecule has 0 rings (SSSR count).